The Kier molecular flexibility index (Phi) is 6.51. The molecule has 3 rings (SSSR count). The van der Waals surface area contributed by atoms with Gasteiger partial charge in [0.05, 0.1) is 0 Å². The van der Waals surface area contributed by atoms with Crippen LogP contribution in [0.25, 0.3) is 0 Å². The Labute approximate surface area is 164 Å². The summed E-state index contributed by atoms with van der Waals surface area (Å²) in [5.41, 5.74) is 2.35. The highest BCUT2D eigenvalue weighted by molar-refractivity contribution is 5.90. The summed E-state index contributed by atoms with van der Waals surface area (Å²) in [6.45, 7) is 2.71. The van der Waals surface area contributed by atoms with Crippen molar-refractivity contribution in [3.63, 3.8) is 0 Å². The van der Waals surface area contributed by atoms with Crippen LogP contribution in [0.4, 0.5) is 11.6 Å². The smallest absolute Gasteiger partial charge is 0.263 e. The van der Waals surface area contributed by atoms with Gasteiger partial charge in [0.25, 0.3) is 5.91 Å². The third-order valence-corrected chi connectivity index (χ3v) is 4.19. The van der Waals surface area contributed by atoms with Crippen LogP contribution in [0.3, 0.4) is 0 Å². The van der Waals surface area contributed by atoms with Gasteiger partial charge in [-0.1, -0.05) is 17.7 Å². The second-order valence-electron chi connectivity index (χ2n) is 6.45. The third-order valence-electron chi connectivity index (χ3n) is 4.19. The molecule has 0 fully saturated rings. The fourth-order valence-electron chi connectivity index (χ4n) is 2.52. The lowest BCUT2D eigenvalue weighted by Gasteiger charge is -2.17. The van der Waals surface area contributed by atoms with Crippen LogP contribution in [0.15, 0.2) is 60.9 Å². The Morgan fingerprint density at radius 3 is 2.46 bits per heavy atom. The number of aryl methyl sites for hydroxylation is 1. The zero-order chi connectivity index (χ0) is 19.8. The zero-order valence-corrected chi connectivity index (χ0v) is 16.0. The summed E-state index contributed by atoms with van der Waals surface area (Å²) in [6, 6.07) is 15.1. The van der Waals surface area contributed by atoms with Gasteiger partial charge in [-0.15, -0.1) is 10.2 Å². The molecule has 1 N–H and O–H groups in total. The number of ether oxygens (including phenoxy) is 1. The average Bonchev–Trinajstić information content (AvgIpc) is 2.73. The van der Waals surface area contributed by atoms with Crippen LogP contribution in [-0.2, 0) is 11.2 Å². The normalized spacial score (nSPS) is 10.4. The molecule has 0 unspecified atom stereocenters. The molecule has 28 heavy (non-hydrogen) atoms. The summed E-state index contributed by atoms with van der Waals surface area (Å²) in [5, 5.41) is 10.9. The van der Waals surface area contributed by atoms with E-state index in [1.54, 1.807) is 18.5 Å². The zero-order valence-electron chi connectivity index (χ0n) is 16.0. The van der Waals surface area contributed by atoms with Crippen LogP contribution >= 0.6 is 0 Å². The Morgan fingerprint density at radius 2 is 1.79 bits per heavy atom. The average molecular weight is 377 g/mol. The second kappa shape index (κ2) is 9.45. The molecule has 1 aromatic carbocycles. The number of anilines is 2. The van der Waals surface area contributed by atoms with Gasteiger partial charge in [0.1, 0.15) is 5.75 Å². The Hall–Kier alpha value is -3.48. The molecule has 0 saturated heterocycles. The lowest BCUT2D eigenvalue weighted by atomic mass is 10.2. The number of amides is 1. The van der Waals surface area contributed by atoms with Gasteiger partial charge >= 0.3 is 0 Å². The fraction of sp³-hybridized carbons (Fsp3) is 0.238. The molecule has 1 amide bonds. The van der Waals surface area contributed by atoms with Crippen molar-refractivity contribution in [2.75, 3.05) is 30.4 Å². The van der Waals surface area contributed by atoms with E-state index in [4.69, 9.17) is 4.74 Å². The number of likely N-dealkylation sites (N-methyl/N-ethyl adjacent to an activating group) is 1. The monoisotopic (exact) mass is 377 g/mol. The van der Waals surface area contributed by atoms with E-state index in [-0.39, 0.29) is 12.5 Å². The van der Waals surface area contributed by atoms with Crippen LogP contribution in [0, 0.1) is 6.92 Å². The summed E-state index contributed by atoms with van der Waals surface area (Å²) in [7, 11) is 1.96. The lowest BCUT2D eigenvalue weighted by Crippen LogP contribution is -2.23. The molecule has 0 atom stereocenters. The molecule has 0 radical (unpaired) electrons. The summed E-state index contributed by atoms with van der Waals surface area (Å²) in [4.78, 5) is 18.0. The molecule has 0 bridgehead atoms. The highest BCUT2D eigenvalue weighted by Crippen LogP contribution is 2.13. The highest BCUT2D eigenvalue weighted by atomic mass is 16.5. The SMILES string of the molecule is Cc1ccc(OCC(=O)Nc2ccc(N(C)CCc3ccncc3)nn2)cc1. The van der Waals surface area contributed by atoms with Crippen LogP contribution in [-0.4, -0.2) is 41.3 Å². The van der Waals surface area contributed by atoms with Crippen molar-refractivity contribution >= 4 is 17.5 Å². The van der Waals surface area contributed by atoms with E-state index in [0.717, 1.165) is 24.3 Å². The first-order valence-corrected chi connectivity index (χ1v) is 9.03. The number of pyridine rings is 1. The molecule has 0 spiro atoms. The molecule has 2 aromatic heterocycles. The molecule has 144 valence electrons. The Morgan fingerprint density at radius 1 is 1.04 bits per heavy atom. The topological polar surface area (TPSA) is 80.2 Å². The van der Waals surface area contributed by atoms with Gasteiger partial charge in [-0.25, -0.2) is 0 Å². The maximum atomic E-state index is 12.0. The van der Waals surface area contributed by atoms with Crippen molar-refractivity contribution in [1.29, 1.82) is 0 Å². The van der Waals surface area contributed by atoms with Gasteiger partial charge in [-0.2, -0.15) is 0 Å². The molecule has 0 aliphatic heterocycles. The number of hydrogen-bond donors (Lipinski definition) is 1. The number of hydrogen-bond acceptors (Lipinski definition) is 6. The van der Waals surface area contributed by atoms with E-state index in [9.17, 15) is 4.79 Å². The standard InChI is InChI=1S/C21H23N5O2/c1-16-3-5-18(6-4-16)28-15-21(27)23-19-7-8-20(25-24-19)26(2)14-11-17-9-12-22-13-10-17/h3-10,12-13H,11,14-15H2,1-2H3,(H,23,24,27). The molecule has 7 nitrogen and oxygen atoms in total. The number of carbonyl (C=O) groups excluding carboxylic acids is 1. The molecular formula is C21H23N5O2. The van der Waals surface area contributed by atoms with Crippen LogP contribution in [0.1, 0.15) is 11.1 Å². The highest BCUT2D eigenvalue weighted by Gasteiger charge is 2.08. The van der Waals surface area contributed by atoms with Gasteiger partial charge in [0, 0.05) is 26.0 Å². The second-order valence-corrected chi connectivity index (χ2v) is 6.45. The van der Waals surface area contributed by atoms with E-state index in [2.05, 4.69) is 20.5 Å². The first kappa shape index (κ1) is 19.3. The van der Waals surface area contributed by atoms with Crippen LogP contribution in [0.2, 0.25) is 0 Å². The predicted octanol–water partition coefficient (Wildman–Crippen LogP) is 2.88. The van der Waals surface area contributed by atoms with Gasteiger partial charge in [0.15, 0.2) is 18.2 Å². The first-order chi connectivity index (χ1) is 13.6. The minimum absolute atomic E-state index is 0.0850. The number of nitrogens with one attached hydrogen (secondary N) is 1. The minimum Gasteiger partial charge on any atom is -0.484 e. The summed E-state index contributed by atoms with van der Waals surface area (Å²) in [5.74, 6) is 1.50. The number of rotatable bonds is 8. The number of aromatic nitrogens is 3. The van der Waals surface area contributed by atoms with E-state index >= 15 is 0 Å². The number of benzene rings is 1. The Bertz CT molecular complexity index is 883. The van der Waals surface area contributed by atoms with E-state index < -0.39 is 0 Å². The molecule has 0 aliphatic carbocycles. The molecule has 0 aliphatic rings. The van der Waals surface area contributed by atoms with Crippen molar-refractivity contribution in [2.24, 2.45) is 0 Å². The van der Waals surface area contributed by atoms with Gasteiger partial charge in [-0.05, 0) is 55.3 Å². The maximum absolute atomic E-state index is 12.0. The third kappa shape index (κ3) is 5.77. The summed E-state index contributed by atoms with van der Waals surface area (Å²) < 4.78 is 5.46. The Balaban J connectivity index is 1.46. The molecular weight excluding hydrogens is 354 g/mol. The lowest BCUT2D eigenvalue weighted by molar-refractivity contribution is -0.118. The fourth-order valence-corrected chi connectivity index (χ4v) is 2.52. The molecule has 0 saturated carbocycles. The van der Waals surface area contributed by atoms with Gasteiger partial charge in [0.2, 0.25) is 0 Å². The van der Waals surface area contributed by atoms with Crippen molar-refractivity contribution < 1.29 is 9.53 Å². The first-order valence-electron chi connectivity index (χ1n) is 9.03. The minimum atomic E-state index is -0.284. The van der Waals surface area contributed by atoms with Crippen LogP contribution in [0.5, 0.6) is 5.75 Å². The van der Waals surface area contributed by atoms with Crippen molar-refractivity contribution in [2.45, 2.75) is 13.3 Å². The summed E-state index contributed by atoms with van der Waals surface area (Å²) >= 11 is 0. The number of carbonyl (C=O) groups is 1. The van der Waals surface area contributed by atoms with Crippen molar-refractivity contribution in [3.05, 3.63) is 72.1 Å². The van der Waals surface area contributed by atoms with Crippen LogP contribution < -0.4 is 15.0 Å². The number of nitrogens with zero attached hydrogens (tertiary/aromatic N) is 4. The predicted molar refractivity (Wildman–Crippen MR) is 109 cm³/mol. The molecule has 3 aromatic rings. The molecule has 7 heteroatoms. The largest absolute Gasteiger partial charge is 0.484 e. The van der Waals surface area contributed by atoms with E-state index in [1.165, 1.54) is 5.56 Å². The van der Waals surface area contributed by atoms with Gasteiger partial charge < -0.3 is 15.0 Å². The summed E-state index contributed by atoms with van der Waals surface area (Å²) in [6.07, 6.45) is 4.46. The quantitative estimate of drug-likeness (QED) is 0.650. The maximum Gasteiger partial charge on any atom is 0.263 e. The van der Waals surface area contributed by atoms with Crippen molar-refractivity contribution in [1.82, 2.24) is 15.2 Å². The molecule has 2 heterocycles. The van der Waals surface area contributed by atoms with Gasteiger partial charge in [-0.3, -0.25) is 9.78 Å². The van der Waals surface area contributed by atoms with E-state index in [0.29, 0.717) is 11.6 Å². The van der Waals surface area contributed by atoms with E-state index in [1.807, 2.05) is 61.3 Å². The van der Waals surface area contributed by atoms with Crippen molar-refractivity contribution in [3.8, 4) is 5.75 Å².